The van der Waals surface area contributed by atoms with Crippen LogP contribution in [0, 0.1) is 5.92 Å². The van der Waals surface area contributed by atoms with Crippen molar-refractivity contribution in [1.29, 1.82) is 0 Å². The SMILES string of the molecule is COc1ccc([C@@H](N)[C@@H](O)CCC(C)C)c2ccccc12.Cl. The van der Waals surface area contributed by atoms with Gasteiger partial charge in [0.05, 0.1) is 19.3 Å². The standard InChI is InChI=1S/C18H25NO2.ClH/c1-12(2)8-10-16(20)18(19)15-9-11-17(21-3)14-7-5-4-6-13(14)15;/h4-7,9,11-12,16,18,20H,8,10,19H2,1-3H3;1H/t16-,18+;/m0./s1. The number of rotatable bonds is 6. The van der Waals surface area contributed by atoms with Crippen molar-refractivity contribution >= 4 is 23.2 Å². The number of aliphatic hydroxyl groups excluding tert-OH is 1. The van der Waals surface area contributed by atoms with Crippen molar-refractivity contribution in [3.8, 4) is 5.75 Å². The molecule has 0 saturated heterocycles. The average molecular weight is 324 g/mol. The van der Waals surface area contributed by atoms with E-state index in [4.69, 9.17) is 10.5 Å². The van der Waals surface area contributed by atoms with E-state index in [9.17, 15) is 5.11 Å². The molecule has 0 bridgehead atoms. The summed E-state index contributed by atoms with van der Waals surface area (Å²) in [4.78, 5) is 0. The number of fused-ring (bicyclic) bond motifs is 1. The zero-order valence-corrected chi connectivity index (χ0v) is 14.3. The lowest BCUT2D eigenvalue weighted by molar-refractivity contribution is 0.129. The molecule has 22 heavy (non-hydrogen) atoms. The molecule has 0 radical (unpaired) electrons. The third-order valence-corrected chi connectivity index (χ3v) is 3.95. The molecular weight excluding hydrogens is 298 g/mol. The van der Waals surface area contributed by atoms with Crippen molar-refractivity contribution in [2.45, 2.75) is 38.8 Å². The molecular formula is C18H26ClNO2. The van der Waals surface area contributed by atoms with Crippen LogP contribution in [0.1, 0.15) is 38.3 Å². The highest BCUT2D eigenvalue weighted by Gasteiger charge is 2.20. The number of ether oxygens (including phenoxy) is 1. The van der Waals surface area contributed by atoms with Gasteiger partial charge >= 0.3 is 0 Å². The maximum atomic E-state index is 10.3. The summed E-state index contributed by atoms with van der Waals surface area (Å²) >= 11 is 0. The highest BCUT2D eigenvalue weighted by atomic mass is 35.5. The number of nitrogens with two attached hydrogens (primary N) is 1. The fraction of sp³-hybridized carbons (Fsp3) is 0.444. The number of benzene rings is 2. The largest absolute Gasteiger partial charge is 0.496 e. The second-order valence-corrected chi connectivity index (χ2v) is 5.97. The molecule has 0 amide bonds. The van der Waals surface area contributed by atoms with Crippen molar-refractivity contribution < 1.29 is 9.84 Å². The summed E-state index contributed by atoms with van der Waals surface area (Å²) in [6, 6.07) is 11.5. The second-order valence-electron chi connectivity index (χ2n) is 5.97. The molecule has 0 unspecified atom stereocenters. The Morgan fingerprint density at radius 1 is 1.05 bits per heavy atom. The molecule has 0 aromatic heterocycles. The Kier molecular flexibility index (Phi) is 7.14. The predicted octanol–water partition coefficient (Wildman–Crippen LogP) is 4.07. The first-order valence-corrected chi connectivity index (χ1v) is 7.54. The van der Waals surface area contributed by atoms with Crippen molar-refractivity contribution in [2.24, 2.45) is 11.7 Å². The van der Waals surface area contributed by atoms with Gasteiger partial charge in [0.25, 0.3) is 0 Å². The van der Waals surface area contributed by atoms with Crippen LogP contribution in [0.3, 0.4) is 0 Å². The van der Waals surface area contributed by atoms with Gasteiger partial charge in [0.15, 0.2) is 0 Å². The smallest absolute Gasteiger partial charge is 0.126 e. The Morgan fingerprint density at radius 3 is 2.27 bits per heavy atom. The Bertz CT molecular complexity index is 601. The fourth-order valence-electron chi connectivity index (χ4n) is 2.65. The maximum Gasteiger partial charge on any atom is 0.126 e. The molecule has 0 aliphatic rings. The number of aliphatic hydroxyl groups is 1. The Morgan fingerprint density at radius 2 is 1.68 bits per heavy atom. The van der Waals surface area contributed by atoms with Gasteiger partial charge in [-0.3, -0.25) is 0 Å². The van der Waals surface area contributed by atoms with E-state index in [2.05, 4.69) is 13.8 Å². The van der Waals surface area contributed by atoms with Gasteiger partial charge in [-0.2, -0.15) is 0 Å². The van der Waals surface area contributed by atoms with E-state index in [1.165, 1.54) is 0 Å². The summed E-state index contributed by atoms with van der Waals surface area (Å²) in [6.45, 7) is 4.31. The molecule has 0 aliphatic carbocycles. The second kappa shape index (κ2) is 8.37. The van der Waals surface area contributed by atoms with Crippen molar-refractivity contribution in [2.75, 3.05) is 7.11 Å². The average Bonchev–Trinajstić information content (AvgIpc) is 2.50. The summed E-state index contributed by atoms with van der Waals surface area (Å²) in [5.74, 6) is 1.40. The van der Waals surface area contributed by atoms with Crippen LogP contribution in [-0.4, -0.2) is 18.3 Å². The normalized spacial score (nSPS) is 13.7. The van der Waals surface area contributed by atoms with E-state index in [1.54, 1.807) is 7.11 Å². The van der Waals surface area contributed by atoms with Gasteiger partial charge in [-0.15, -0.1) is 12.4 Å². The molecule has 0 fully saturated rings. The van der Waals surface area contributed by atoms with Crippen LogP contribution in [-0.2, 0) is 0 Å². The minimum atomic E-state index is -0.524. The first-order valence-electron chi connectivity index (χ1n) is 7.54. The number of hydrogen-bond acceptors (Lipinski definition) is 3. The molecule has 2 rings (SSSR count). The van der Waals surface area contributed by atoms with E-state index < -0.39 is 6.10 Å². The fourth-order valence-corrected chi connectivity index (χ4v) is 2.65. The molecule has 4 heteroatoms. The first kappa shape index (κ1) is 18.8. The monoisotopic (exact) mass is 323 g/mol. The van der Waals surface area contributed by atoms with E-state index >= 15 is 0 Å². The van der Waals surface area contributed by atoms with Gasteiger partial charge in [-0.1, -0.05) is 44.2 Å². The van der Waals surface area contributed by atoms with Crippen LogP contribution >= 0.6 is 12.4 Å². The molecule has 3 nitrogen and oxygen atoms in total. The van der Waals surface area contributed by atoms with Crippen molar-refractivity contribution in [3.05, 3.63) is 42.0 Å². The molecule has 0 heterocycles. The summed E-state index contributed by atoms with van der Waals surface area (Å²) in [5, 5.41) is 12.4. The Labute approximate surface area is 138 Å². The maximum absolute atomic E-state index is 10.3. The molecule has 0 saturated carbocycles. The molecule has 122 valence electrons. The molecule has 3 N–H and O–H groups in total. The lowest BCUT2D eigenvalue weighted by Crippen LogP contribution is -2.26. The van der Waals surface area contributed by atoms with E-state index in [1.807, 2.05) is 36.4 Å². The van der Waals surface area contributed by atoms with Crippen molar-refractivity contribution in [1.82, 2.24) is 0 Å². The summed E-state index contributed by atoms with van der Waals surface area (Å²) in [7, 11) is 1.67. The zero-order chi connectivity index (χ0) is 15.4. The number of halogens is 1. The summed E-state index contributed by atoms with van der Waals surface area (Å²) in [6.07, 6.45) is 1.17. The van der Waals surface area contributed by atoms with Crippen LogP contribution < -0.4 is 10.5 Å². The topological polar surface area (TPSA) is 55.5 Å². The van der Waals surface area contributed by atoms with Crippen molar-refractivity contribution in [3.63, 3.8) is 0 Å². The minimum absolute atomic E-state index is 0. The van der Waals surface area contributed by atoms with E-state index in [0.29, 0.717) is 5.92 Å². The molecule has 2 aromatic rings. The number of methoxy groups -OCH3 is 1. The van der Waals surface area contributed by atoms with Gasteiger partial charge < -0.3 is 15.6 Å². The van der Waals surface area contributed by atoms with Gasteiger partial charge in [0.1, 0.15) is 5.75 Å². The summed E-state index contributed by atoms with van der Waals surface area (Å²) in [5.41, 5.74) is 7.27. The zero-order valence-electron chi connectivity index (χ0n) is 13.5. The predicted molar refractivity (Wildman–Crippen MR) is 94.8 cm³/mol. The quantitative estimate of drug-likeness (QED) is 0.842. The first-order chi connectivity index (χ1) is 10.0. The third-order valence-electron chi connectivity index (χ3n) is 3.95. The van der Waals surface area contributed by atoms with E-state index in [0.717, 1.165) is 34.9 Å². The summed E-state index contributed by atoms with van der Waals surface area (Å²) < 4.78 is 5.40. The van der Waals surface area contributed by atoms with Gasteiger partial charge in [0, 0.05) is 5.39 Å². The highest BCUT2D eigenvalue weighted by Crippen LogP contribution is 2.32. The van der Waals surface area contributed by atoms with Crippen LogP contribution in [0.4, 0.5) is 0 Å². The number of hydrogen-bond donors (Lipinski definition) is 2. The van der Waals surface area contributed by atoms with Gasteiger partial charge in [0.2, 0.25) is 0 Å². The molecule has 0 aliphatic heterocycles. The minimum Gasteiger partial charge on any atom is -0.496 e. The van der Waals surface area contributed by atoms with Gasteiger partial charge in [-0.25, -0.2) is 0 Å². The van der Waals surface area contributed by atoms with Crippen LogP contribution in [0.15, 0.2) is 36.4 Å². The van der Waals surface area contributed by atoms with Crippen LogP contribution in [0.5, 0.6) is 5.75 Å². The Hall–Kier alpha value is -1.29. The van der Waals surface area contributed by atoms with E-state index in [-0.39, 0.29) is 18.4 Å². The van der Waals surface area contributed by atoms with Crippen LogP contribution in [0.2, 0.25) is 0 Å². The van der Waals surface area contributed by atoms with Crippen LogP contribution in [0.25, 0.3) is 10.8 Å². The lowest BCUT2D eigenvalue weighted by atomic mass is 9.92. The third kappa shape index (κ3) is 4.13. The Balaban J connectivity index is 0.00000242. The lowest BCUT2D eigenvalue weighted by Gasteiger charge is -2.22. The molecule has 2 atom stereocenters. The molecule has 2 aromatic carbocycles. The van der Waals surface area contributed by atoms with Gasteiger partial charge in [-0.05, 0) is 35.8 Å². The highest BCUT2D eigenvalue weighted by molar-refractivity contribution is 5.91. The molecule has 0 spiro atoms.